The molecule has 0 bridgehead atoms. The summed E-state index contributed by atoms with van der Waals surface area (Å²) in [7, 11) is 3.83. The van der Waals surface area contributed by atoms with Crippen molar-refractivity contribution in [2.45, 2.75) is 22.3 Å². The van der Waals surface area contributed by atoms with Crippen molar-refractivity contribution in [3.63, 3.8) is 0 Å². The number of likely N-dealkylation sites (tertiary alicyclic amines) is 1. The van der Waals surface area contributed by atoms with E-state index in [1.54, 1.807) is 18.9 Å². The Balaban J connectivity index is 1.90. The van der Waals surface area contributed by atoms with Gasteiger partial charge in [0.15, 0.2) is 6.29 Å². The fourth-order valence-electron chi connectivity index (χ4n) is 3.22. The van der Waals surface area contributed by atoms with Gasteiger partial charge in [-0.1, -0.05) is 27.7 Å². The number of methoxy groups -OCH3 is 1. The predicted octanol–water partition coefficient (Wildman–Crippen LogP) is 2.83. The number of hydrogen-bond acceptors (Lipinski definition) is 5. The summed E-state index contributed by atoms with van der Waals surface area (Å²) in [6.07, 6.45) is 2.07. The number of rotatable bonds is 3. The predicted molar refractivity (Wildman–Crippen MR) is 88.8 cm³/mol. The minimum Gasteiger partial charge on any atom is -0.380 e. The number of likely N-dealkylation sites (N-methyl/N-ethyl adjacent to an activating group) is 1. The minimum absolute atomic E-state index is 0.0618. The molecule has 114 valence electrons. The molecule has 0 aliphatic carbocycles. The first-order valence-corrected chi connectivity index (χ1v) is 8.63. The maximum absolute atomic E-state index is 12.0. The van der Waals surface area contributed by atoms with Gasteiger partial charge in [-0.05, 0) is 38.2 Å². The molecule has 4 nitrogen and oxygen atoms in total. The Kier molecular flexibility index (Phi) is 4.32. The number of fused-ring (bicyclic) bond motifs is 1. The largest absolute Gasteiger partial charge is 0.380 e. The van der Waals surface area contributed by atoms with Crippen LogP contribution in [0.4, 0.5) is 5.69 Å². The molecule has 1 fully saturated rings. The molecule has 0 unspecified atom stereocenters. The zero-order valence-electron chi connectivity index (χ0n) is 12.1. The van der Waals surface area contributed by atoms with Gasteiger partial charge < -0.3 is 15.0 Å². The summed E-state index contributed by atoms with van der Waals surface area (Å²) >= 11 is 5.11. The highest BCUT2D eigenvalue weighted by molar-refractivity contribution is 9.10. The third kappa shape index (κ3) is 2.74. The monoisotopic (exact) mass is 370 g/mol. The van der Waals surface area contributed by atoms with Crippen molar-refractivity contribution in [2.75, 3.05) is 32.6 Å². The molecule has 0 amide bonds. The third-order valence-electron chi connectivity index (χ3n) is 4.34. The van der Waals surface area contributed by atoms with Gasteiger partial charge in [0.05, 0.1) is 11.8 Å². The molecule has 0 aromatic heterocycles. The molecular formula is C15H19BrN2O2S. The average molecular weight is 371 g/mol. The van der Waals surface area contributed by atoms with Crippen molar-refractivity contribution < 1.29 is 9.53 Å². The topological polar surface area (TPSA) is 41.6 Å². The Morgan fingerprint density at radius 2 is 2.38 bits per heavy atom. The van der Waals surface area contributed by atoms with E-state index >= 15 is 0 Å². The zero-order valence-corrected chi connectivity index (χ0v) is 14.5. The highest BCUT2D eigenvalue weighted by Crippen LogP contribution is 2.51. The second kappa shape index (κ2) is 5.91. The van der Waals surface area contributed by atoms with Gasteiger partial charge in [0, 0.05) is 28.9 Å². The van der Waals surface area contributed by atoms with Crippen LogP contribution in [0.2, 0.25) is 0 Å². The molecule has 1 aromatic rings. The number of ether oxygens (including phenoxy) is 1. The van der Waals surface area contributed by atoms with Gasteiger partial charge in [-0.15, -0.1) is 0 Å². The molecule has 0 saturated carbocycles. The molecule has 3 rings (SSSR count). The lowest BCUT2D eigenvalue weighted by Gasteiger charge is -2.42. The van der Waals surface area contributed by atoms with Crippen LogP contribution in [0, 0.1) is 5.92 Å². The van der Waals surface area contributed by atoms with Crippen LogP contribution in [0.3, 0.4) is 0 Å². The van der Waals surface area contributed by atoms with Gasteiger partial charge in [-0.3, -0.25) is 4.79 Å². The lowest BCUT2D eigenvalue weighted by Crippen LogP contribution is -2.54. The summed E-state index contributed by atoms with van der Waals surface area (Å²) in [6.45, 7) is 1.85. The number of hydrogen-bond donors (Lipinski definition) is 1. The van der Waals surface area contributed by atoms with Crippen molar-refractivity contribution in [1.29, 1.82) is 0 Å². The minimum atomic E-state index is -0.620. The highest BCUT2D eigenvalue weighted by Gasteiger charge is 2.49. The number of carbonyl (C=O) groups is 1. The van der Waals surface area contributed by atoms with Crippen molar-refractivity contribution >= 4 is 39.7 Å². The summed E-state index contributed by atoms with van der Waals surface area (Å²) < 4.78 is 6.69. The molecule has 3 atom stereocenters. The van der Waals surface area contributed by atoms with Gasteiger partial charge in [0.1, 0.15) is 4.87 Å². The summed E-state index contributed by atoms with van der Waals surface area (Å²) in [5, 5.41) is 3.45. The molecule has 1 N–H and O–H groups in total. The van der Waals surface area contributed by atoms with E-state index in [9.17, 15) is 4.79 Å². The normalized spacial score (nSPS) is 32.5. The first-order chi connectivity index (χ1) is 10.1. The van der Waals surface area contributed by atoms with Gasteiger partial charge >= 0.3 is 0 Å². The fourth-order valence-corrected chi connectivity index (χ4v) is 4.93. The van der Waals surface area contributed by atoms with E-state index in [1.165, 1.54) is 0 Å². The number of thioether (sulfide) groups is 1. The van der Waals surface area contributed by atoms with E-state index in [0.717, 1.165) is 40.9 Å². The molecule has 21 heavy (non-hydrogen) atoms. The number of anilines is 1. The Morgan fingerprint density at radius 1 is 1.57 bits per heavy atom. The smallest absolute Gasteiger partial charge is 0.156 e. The first kappa shape index (κ1) is 15.3. The molecule has 2 aliphatic rings. The van der Waals surface area contributed by atoms with E-state index in [1.807, 2.05) is 12.1 Å². The van der Waals surface area contributed by atoms with E-state index in [0.29, 0.717) is 0 Å². The zero-order chi connectivity index (χ0) is 15.0. The van der Waals surface area contributed by atoms with Crippen LogP contribution in [-0.2, 0) is 9.53 Å². The lowest BCUT2D eigenvalue weighted by molar-refractivity contribution is -0.113. The summed E-state index contributed by atoms with van der Waals surface area (Å²) in [4.78, 5) is 14.7. The van der Waals surface area contributed by atoms with Crippen LogP contribution in [0.1, 0.15) is 6.42 Å². The number of nitrogens with zero attached hydrogens (tertiary/aromatic N) is 1. The quantitative estimate of drug-likeness (QED) is 0.828. The molecule has 1 saturated heterocycles. The third-order valence-corrected chi connectivity index (χ3v) is 6.25. The summed E-state index contributed by atoms with van der Waals surface area (Å²) in [5.41, 5.74) is 1.02. The molecule has 0 radical (unpaired) electrons. The second-order valence-corrected chi connectivity index (χ2v) is 7.95. The van der Waals surface area contributed by atoms with Gasteiger partial charge in [0.2, 0.25) is 0 Å². The van der Waals surface area contributed by atoms with Gasteiger partial charge in [-0.25, -0.2) is 0 Å². The van der Waals surface area contributed by atoms with Crippen LogP contribution in [-0.4, -0.2) is 49.4 Å². The number of carbonyl (C=O) groups excluding carboxylic acids is 1. The Labute approximate surface area is 137 Å². The Hall–Kier alpha value is -0.560. The van der Waals surface area contributed by atoms with Crippen LogP contribution in [0.25, 0.3) is 0 Å². The van der Waals surface area contributed by atoms with Crippen LogP contribution in [0.5, 0.6) is 0 Å². The van der Waals surface area contributed by atoms with E-state index in [2.05, 4.69) is 39.3 Å². The van der Waals surface area contributed by atoms with Gasteiger partial charge in [-0.2, -0.15) is 0 Å². The fraction of sp³-hybridized carbons (Fsp3) is 0.533. The number of halogens is 1. The van der Waals surface area contributed by atoms with E-state index in [-0.39, 0.29) is 12.0 Å². The molecule has 2 heterocycles. The maximum atomic E-state index is 12.0. The van der Waals surface area contributed by atoms with Crippen molar-refractivity contribution in [2.24, 2.45) is 5.92 Å². The maximum Gasteiger partial charge on any atom is 0.156 e. The molecular weight excluding hydrogens is 352 g/mol. The molecule has 6 heteroatoms. The number of aldehydes is 1. The van der Waals surface area contributed by atoms with Crippen molar-refractivity contribution in [3.8, 4) is 0 Å². The van der Waals surface area contributed by atoms with Crippen molar-refractivity contribution in [1.82, 2.24) is 4.90 Å². The number of nitrogens with one attached hydrogen (secondary N) is 1. The molecule has 2 aliphatic heterocycles. The number of piperidine rings is 1. The van der Waals surface area contributed by atoms with Crippen molar-refractivity contribution in [3.05, 3.63) is 22.7 Å². The van der Waals surface area contributed by atoms with Crippen LogP contribution < -0.4 is 5.32 Å². The lowest BCUT2D eigenvalue weighted by atomic mass is 9.86. The van der Waals surface area contributed by atoms with Gasteiger partial charge in [0.25, 0.3) is 0 Å². The molecule has 1 aromatic carbocycles. The SMILES string of the molecule is CO[C@@H]1CN(C)CC[C@H]1[C@@]1(C=O)Nc2cc(Br)ccc2S1. The second-order valence-electron chi connectivity index (χ2n) is 5.71. The standard InChI is InChI=1S/C15H19BrN2O2S/c1-18-6-5-11(13(8-18)20-2)15(9-19)17-12-7-10(16)3-4-14(12)21-15/h3-4,7,9,11,13,17H,5-6,8H2,1-2H3/t11-,13-,15+/m1/s1. The average Bonchev–Trinajstić information content (AvgIpc) is 2.85. The summed E-state index contributed by atoms with van der Waals surface area (Å²) in [6, 6.07) is 6.10. The number of benzene rings is 1. The molecule has 0 spiro atoms. The Bertz CT molecular complexity index is 556. The highest BCUT2D eigenvalue weighted by atomic mass is 79.9. The van der Waals surface area contributed by atoms with E-state index in [4.69, 9.17) is 4.74 Å². The van der Waals surface area contributed by atoms with E-state index < -0.39 is 4.87 Å². The summed E-state index contributed by atoms with van der Waals surface area (Å²) in [5.74, 6) is 0.160. The van der Waals surface area contributed by atoms with Crippen LogP contribution >= 0.6 is 27.7 Å². The first-order valence-electron chi connectivity index (χ1n) is 7.02. The van der Waals surface area contributed by atoms with Crippen LogP contribution in [0.15, 0.2) is 27.6 Å². The Morgan fingerprint density at radius 3 is 3.10 bits per heavy atom.